The van der Waals surface area contributed by atoms with Crippen molar-refractivity contribution in [1.29, 1.82) is 0 Å². The van der Waals surface area contributed by atoms with Gasteiger partial charge in [-0.1, -0.05) is 6.07 Å². The summed E-state index contributed by atoms with van der Waals surface area (Å²) in [7, 11) is -3.72. The highest BCUT2D eigenvalue weighted by atomic mass is 32.2. The maximum atomic E-state index is 13.2. The van der Waals surface area contributed by atoms with Gasteiger partial charge in [-0.15, -0.1) is 0 Å². The Labute approximate surface area is 194 Å². The molecule has 0 unspecified atom stereocenters. The summed E-state index contributed by atoms with van der Waals surface area (Å²) in [5.41, 5.74) is 2.51. The summed E-state index contributed by atoms with van der Waals surface area (Å²) in [6.07, 6.45) is 3.38. The van der Waals surface area contributed by atoms with Gasteiger partial charge in [0.25, 0.3) is 5.91 Å². The van der Waals surface area contributed by atoms with Crippen LogP contribution in [0.15, 0.2) is 53.6 Å². The van der Waals surface area contributed by atoms with E-state index in [1.807, 2.05) is 36.6 Å². The molecular formula is C24H28N4O4S. The number of rotatable bonds is 7. The number of hydrogen-bond donors (Lipinski definition) is 1. The molecule has 1 saturated heterocycles. The molecule has 9 heteroatoms. The van der Waals surface area contributed by atoms with Crippen LogP contribution in [0.4, 0.5) is 5.69 Å². The molecule has 174 valence electrons. The number of aromatic nitrogens is 2. The minimum Gasteiger partial charge on any atom is -0.492 e. The quantitative estimate of drug-likeness (QED) is 0.567. The predicted molar refractivity (Wildman–Crippen MR) is 127 cm³/mol. The molecule has 3 aromatic rings. The second-order valence-corrected chi connectivity index (χ2v) is 9.87. The van der Waals surface area contributed by atoms with Crippen LogP contribution in [0, 0.1) is 13.8 Å². The van der Waals surface area contributed by atoms with Crippen LogP contribution in [0.3, 0.4) is 0 Å². The molecule has 3 heterocycles. The van der Waals surface area contributed by atoms with E-state index in [4.69, 9.17) is 4.74 Å². The molecule has 0 radical (unpaired) electrons. The minimum absolute atomic E-state index is 0.0722. The number of benzene rings is 1. The molecule has 1 aromatic carbocycles. The number of aryl methyl sites for hydroxylation is 1. The first-order valence-electron chi connectivity index (χ1n) is 11.0. The van der Waals surface area contributed by atoms with Crippen molar-refractivity contribution in [2.24, 2.45) is 0 Å². The number of ether oxygens (including phenoxy) is 1. The highest BCUT2D eigenvalue weighted by Crippen LogP contribution is 2.32. The molecule has 0 atom stereocenters. The standard InChI is InChI=1S/C24H28N4O4S/c1-4-32-21-11-10-19(16-22(21)33(30,31)27-13-7-8-14-27)26-24(29)20-15-17(2)28(18(20)3)23-9-5-6-12-25-23/h5-6,9-12,15-16H,4,7-8,13-14H2,1-3H3,(H,26,29). The topological polar surface area (TPSA) is 93.5 Å². The lowest BCUT2D eigenvalue weighted by molar-refractivity contribution is 0.102. The second-order valence-electron chi connectivity index (χ2n) is 7.97. The number of nitrogens with one attached hydrogen (secondary N) is 1. The van der Waals surface area contributed by atoms with Crippen molar-refractivity contribution in [1.82, 2.24) is 13.9 Å². The molecule has 0 saturated carbocycles. The normalized spacial score (nSPS) is 14.4. The Morgan fingerprint density at radius 3 is 2.55 bits per heavy atom. The maximum absolute atomic E-state index is 13.2. The van der Waals surface area contributed by atoms with Crippen molar-refractivity contribution in [2.45, 2.75) is 38.5 Å². The summed E-state index contributed by atoms with van der Waals surface area (Å²) in [5.74, 6) is 0.696. The lowest BCUT2D eigenvalue weighted by Gasteiger charge is -2.19. The molecule has 2 aromatic heterocycles. The lowest BCUT2D eigenvalue weighted by Crippen LogP contribution is -2.28. The number of carbonyl (C=O) groups excluding carboxylic acids is 1. The van der Waals surface area contributed by atoms with Crippen LogP contribution >= 0.6 is 0 Å². The third-order valence-electron chi connectivity index (χ3n) is 5.74. The summed E-state index contributed by atoms with van der Waals surface area (Å²) in [6, 6.07) is 12.1. The van der Waals surface area contributed by atoms with Crippen LogP contribution in [0.25, 0.3) is 5.82 Å². The summed E-state index contributed by atoms with van der Waals surface area (Å²) in [6.45, 7) is 6.90. The molecule has 1 amide bonds. The van der Waals surface area contributed by atoms with Gasteiger partial charge in [0, 0.05) is 36.4 Å². The first-order valence-corrected chi connectivity index (χ1v) is 12.5. The fourth-order valence-electron chi connectivity index (χ4n) is 4.16. The van der Waals surface area contributed by atoms with Crippen LogP contribution in [-0.4, -0.2) is 47.9 Å². The third-order valence-corrected chi connectivity index (χ3v) is 7.66. The first kappa shape index (κ1) is 23.0. The van der Waals surface area contributed by atoms with Crippen LogP contribution in [0.1, 0.15) is 41.5 Å². The van der Waals surface area contributed by atoms with Crippen molar-refractivity contribution < 1.29 is 17.9 Å². The van der Waals surface area contributed by atoms with E-state index in [1.165, 1.54) is 10.4 Å². The zero-order valence-corrected chi connectivity index (χ0v) is 19.9. The Hall–Kier alpha value is -3.17. The molecule has 1 N–H and O–H groups in total. The van der Waals surface area contributed by atoms with Crippen LogP contribution in [0.5, 0.6) is 5.75 Å². The van der Waals surface area contributed by atoms with Gasteiger partial charge in [-0.05, 0) is 70.0 Å². The fraction of sp³-hybridized carbons (Fsp3) is 0.333. The zero-order valence-electron chi connectivity index (χ0n) is 19.0. The van der Waals surface area contributed by atoms with Gasteiger partial charge in [0.1, 0.15) is 16.5 Å². The van der Waals surface area contributed by atoms with E-state index < -0.39 is 10.0 Å². The molecule has 0 bridgehead atoms. The molecule has 1 fully saturated rings. The fourth-order valence-corrected chi connectivity index (χ4v) is 5.83. The van der Waals surface area contributed by atoms with Crippen molar-refractivity contribution in [3.8, 4) is 11.6 Å². The Kier molecular flexibility index (Phi) is 6.53. The van der Waals surface area contributed by atoms with Gasteiger partial charge < -0.3 is 14.6 Å². The van der Waals surface area contributed by atoms with Crippen molar-refractivity contribution in [3.63, 3.8) is 0 Å². The third kappa shape index (κ3) is 4.51. The molecule has 33 heavy (non-hydrogen) atoms. The van der Waals surface area contributed by atoms with E-state index in [1.54, 1.807) is 31.3 Å². The number of sulfonamides is 1. The summed E-state index contributed by atoms with van der Waals surface area (Å²) >= 11 is 0. The van der Waals surface area contributed by atoms with Crippen molar-refractivity contribution in [3.05, 3.63) is 65.6 Å². The highest BCUT2D eigenvalue weighted by Gasteiger charge is 2.30. The lowest BCUT2D eigenvalue weighted by atomic mass is 10.2. The van der Waals surface area contributed by atoms with Gasteiger partial charge in [0.15, 0.2) is 0 Å². The van der Waals surface area contributed by atoms with Crippen LogP contribution in [-0.2, 0) is 10.0 Å². The van der Waals surface area contributed by atoms with Gasteiger partial charge in [0.2, 0.25) is 10.0 Å². The number of amides is 1. The second kappa shape index (κ2) is 9.36. The minimum atomic E-state index is -3.72. The average molecular weight is 469 g/mol. The largest absolute Gasteiger partial charge is 0.492 e. The summed E-state index contributed by atoms with van der Waals surface area (Å²) in [5, 5.41) is 2.85. The van der Waals surface area contributed by atoms with Gasteiger partial charge in [0.05, 0.1) is 12.2 Å². The Morgan fingerprint density at radius 1 is 1.12 bits per heavy atom. The predicted octanol–water partition coefficient (Wildman–Crippen LogP) is 3.92. The van der Waals surface area contributed by atoms with E-state index >= 15 is 0 Å². The Balaban J connectivity index is 1.65. The molecule has 0 spiro atoms. The average Bonchev–Trinajstić information content (AvgIpc) is 3.44. The first-order chi connectivity index (χ1) is 15.8. The van der Waals surface area contributed by atoms with Crippen LogP contribution < -0.4 is 10.1 Å². The number of hydrogen-bond acceptors (Lipinski definition) is 5. The van der Waals surface area contributed by atoms with Gasteiger partial charge in [-0.2, -0.15) is 4.31 Å². The SMILES string of the molecule is CCOc1ccc(NC(=O)c2cc(C)n(-c3ccccn3)c2C)cc1S(=O)(=O)N1CCCC1. The molecular weight excluding hydrogens is 440 g/mol. The number of carbonyl (C=O) groups is 1. The molecule has 0 aliphatic carbocycles. The number of nitrogens with zero attached hydrogens (tertiary/aromatic N) is 3. The number of anilines is 1. The summed E-state index contributed by atoms with van der Waals surface area (Å²) < 4.78 is 35.4. The Morgan fingerprint density at radius 2 is 1.88 bits per heavy atom. The van der Waals surface area contributed by atoms with E-state index in [0.29, 0.717) is 30.9 Å². The van der Waals surface area contributed by atoms with Gasteiger partial charge >= 0.3 is 0 Å². The number of pyridine rings is 1. The molecule has 8 nitrogen and oxygen atoms in total. The van der Waals surface area contributed by atoms with Crippen molar-refractivity contribution in [2.75, 3.05) is 25.0 Å². The molecule has 4 rings (SSSR count). The van der Waals surface area contributed by atoms with E-state index in [9.17, 15) is 13.2 Å². The Bertz CT molecular complexity index is 1260. The van der Waals surface area contributed by atoms with E-state index in [-0.39, 0.29) is 16.6 Å². The van der Waals surface area contributed by atoms with Gasteiger partial charge in [-0.25, -0.2) is 13.4 Å². The van der Waals surface area contributed by atoms with E-state index in [2.05, 4.69) is 10.3 Å². The molecule has 1 aliphatic rings. The smallest absolute Gasteiger partial charge is 0.257 e. The van der Waals surface area contributed by atoms with Gasteiger partial charge in [-0.3, -0.25) is 4.79 Å². The summed E-state index contributed by atoms with van der Waals surface area (Å²) in [4.78, 5) is 17.6. The monoisotopic (exact) mass is 468 g/mol. The van der Waals surface area contributed by atoms with Crippen molar-refractivity contribution >= 4 is 21.6 Å². The maximum Gasteiger partial charge on any atom is 0.257 e. The van der Waals surface area contributed by atoms with Crippen LogP contribution in [0.2, 0.25) is 0 Å². The zero-order chi connectivity index (χ0) is 23.6. The highest BCUT2D eigenvalue weighted by molar-refractivity contribution is 7.89. The molecule has 1 aliphatic heterocycles. The van der Waals surface area contributed by atoms with E-state index in [0.717, 1.165) is 30.0 Å².